The number of hydrogen-bond donors (Lipinski definition) is 0. The van der Waals surface area contributed by atoms with E-state index in [1.807, 2.05) is 0 Å². The molecule has 0 saturated heterocycles. The predicted molar refractivity (Wildman–Crippen MR) is 54.0 cm³/mol. The summed E-state index contributed by atoms with van der Waals surface area (Å²) in [6.45, 7) is 0.738. The van der Waals surface area contributed by atoms with Gasteiger partial charge in [-0.05, 0) is 25.1 Å². The molecule has 1 rings (SSSR count). The van der Waals surface area contributed by atoms with Gasteiger partial charge in [-0.1, -0.05) is 6.07 Å². The highest BCUT2D eigenvalue weighted by atomic mass is 19.1. The normalized spacial score (nSPS) is 9.62. The van der Waals surface area contributed by atoms with Crippen LogP contribution in [0.5, 0.6) is 5.75 Å². The summed E-state index contributed by atoms with van der Waals surface area (Å²) in [7, 11) is 0. The molecule has 86 valence electrons. The average molecular weight is 226 g/mol. The van der Waals surface area contributed by atoms with Crippen LogP contribution in [0, 0.1) is 0 Å². The Kier molecular flexibility index (Phi) is 4.44. The molecule has 4 nitrogen and oxygen atoms in total. The molecule has 0 amide bonds. The molecule has 0 atom stereocenters. The monoisotopic (exact) mass is 226 g/mol. The number of alkyl halides is 1. The minimum Gasteiger partial charge on any atom is -0.462 e. The topological polar surface area (TPSA) is 52.6 Å². The first kappa shape index (κ1) is 12.2. The largest absolute Gasteiger partial charge is 0.462 e. The van der Waals surface area contributed by atoms with Gasteiger partial charge in [-0.2, -0.15) is 0 Å². The Morgan fingerprint density at radius 1 is 1.38 bits per heavy atom. The first-order chi connectivity index (χ1) is 7.67. The highest BCUT2D eigenvalue weighted by molar-refractivity contribution is 5.90. The van der Waals surface area contributed by atoms with Gasteiger partial charge >= 0.3 is 11.9 Å². The van der Waals surface area contributed by atoms with Crippen molar-refractivity contribution in [2.75, 3.05) is 13.3 Å². The number of rotatable bonds is 4. The summed E-state index contributed by atoms with van der Waals surface area (Å²) in [5, 5.41) is 0. The molecule has 0 radical (unpaired) electrons. The third-order valence-corrected chi connectivity index (χ3v) is 1.69. The molecule has 0 aromatic heterocycles. The number of ether oxygens (including phenoxy) is 2. The molecular weight excluding hydrogens is 215 g/mol. The molecule has 0 spiro atoms. The van der Waals surface area contributed by atoms with E-state index in [1.165, 1.54) is 24.3 Å². The molecule has 0 fully saturated rings. The molecule has 1 aromatic carbocycles. The first-order valence-electron chi connectivity index (χ1n) is 4.71. The second kappa shape index (κ2) is 5.85. The summed E-state index contributed by atoms with van der Waals surface area (Å²) >= 11 is 0. The zero-order valence-corrected chi connectivity index (χ0v) is 8.73. The number of halogens is 1. The lowest BCUT2D eigenvalue weighted by Gasteiger charge is -2.04. The standard InChI is InChI=1S/C11H11FO4/c1-2-15-11(14)8-4-3-5-9(6-8)16-10(13)7-12/h3-6H,2,7H2,1H3. The van der Waals surface area contributed by atoms with E-state index in [4.69, 9.17) is 4.74 Å². The number of esters is 2. The fourth-order valence-electron chi connectivity index (χ4n) is 1.06. The lowest BCUT2D eigenvalue weighted by atomic mass is 10.2. The predicted octanol–water partition coefficient (Wildman–Crippen LogP) is 1.74. The second-order valence-electron chi connectivity index (χ2n) is 2.86. The van der Waals surface area contributed by atoms with E-state index in [0.717, 1.165) is 0 Å². The second-order valence-corrected chi connectivity index (χ2v) is 2.86. The van der Waals surface area contributed by atoms with Gasteiger partial charge < -0.3 is 9.47 Å². The Labute approximate surface area is 92.0 Å². The smallest absolute Gasteiger partial charge is 0.342 e. The van der Waals surface area contributed by atoms with Crippen LogP contribution in [-0.2, 0) is 9.53 Å². The molecule has 0 saturated carbocycles. The van der Waals surface area contributed by atoms with Gasteiger partial charge in [0.25, 0.3) is 0 Å². The van der Waals surface area contributed by atoms with Crippen molar-refractivity contribution in [2.24, 2.45) is 0 Å². The highest BCUT2D eigenvalue weighted by Gasteiger charge is 2.09. The number of hydrogen-bond acceptors (Lipinski definition) is 4. The molecule has 0 aliphatic heterocycles. The van der Waals surface area contributed by atoms with Crippen LogP contribution in [0.1, 0.15) is 17.3 Å². The number of benzene rings is 1. The van der Waals surface area contributed by atoms with Crippen molar-refractivity contribution >= 4 is 11.9 Å². The first-order valence-corrected chi connectivity index (χ1v) is 4.71. The minimum atomic E-state index is -1.20. The van der Waals surface area contributed by atoms with Gasteiger partial charge in [0.2, 0.25) is 0 Å². The van der Waals surface area contributed by atoms with Crippen molar-refractivity contribution in [3.8, 4) is 5.75 Å². The summed E-state index contributed by atoms with van der Waals surface area (Å²) in [6, 6.07) is 5.82. The van der Waals surface area contributed by atoms with E-state index >= 15 is 0 Å². The fraction of sp³-hybridized carbons (Fsp3) is 0.273. The molecule has 16 heavy (non-hydrogen) atoms. The zero-order valence-electron chi connectivity index (χ0n) is 8.73. The SMILES string of the molecule is CCOC(=O)c1cccc(OC(=O)CF)c1. The van der Waals surface area contributed by atoms with Crippen LogP contribution in [0.2, 0.25) is 0 Å². The lowest BCUT2D eigenvalue weighted by molar-refractivity contribution is -0.135. The lowest BCUT2D eigenvalue weighted by Crippen LogP contribution is -2.10. The van der Waals surface area contributed by atoms with Crippen LogP contribution in [-0.4, -0.2) is 25.2 Å². The fourth-order valence-corrected chi connectivity index (χ4v) is 1.06. The van der Waals surface area contributed by atoms with Gasteiger partial charge in [-0.3, -0.25) is 0 Å². The Balaban J connectivity index is 2.78. The van der Waals surface area contributed by atoms with E-state index < -0.39 is 18.6 Å². The highest BCUT2D eigenvalue weighted by Crippen LogP contribution is 2.14. The van der Waals surface area contributed by atoms with Crippen LogP contribution in [0.25, 0.3) is 0 Å². The molecule has 0 heterocycles. The van der Waals surface area contributed by atoms with E-state index in [2.05, 4.69) is 4.74 Å². The third kappa shape index (κ3) is 3.34. The van der Waals surface area contributed by atoms with Crippen molar-refractivity contribution in [2.45, 2.75) is 6.92 Å². The molecular formula is C11H11FO4. The van der Waals surface area contributed by atoms with Crippen molar-refractivity contribution in [1.82, 2.24) is 0 Å². The van der Waals surface area contributed by atoms with Crippen molar-refractivity contribution in [3.63, 3.8) is 0 Å². The van der Waals surface area contributed by atoms with Crippen LogP contribution >= 0.6 is 0 Å². The van der Waals surface area contributed by atoms with Gasteiger partial charge in [0, 0.05) is 0 Å². The van der Waals surface area contributed by atoms with Crippen LogP contribution in [0.15, 0.2) is 24.3 Å². The summed E-state index contributed by atoms with van der Waals surface area (Å²) in [5.74, 6) is -1.39. The van der Waals surface area contributed by atoms with E-state index in [9.17, 15) is 14.0 Å². The van der Waals surface area contributed by atoms with Gasteiger partial charge in [-0.15, -0.1) is 0 Å². The van der Waals surface area contributed by atoms with E-state index in [1.54, 1.807) is 6.92 Å². The van der Waals surface area contributed by atoms with Crippen LogP contribution in [0.3, 0.4) is 0 Å². The molecule has 0 unspecified atom stereocenters. The van der Waals surface area contributed by atoms with Gasteiger partial charge in [0.05, 0.1) is 12.2 Å². The van der Waals surface area contributed by atoms with E-state index in [0.29, 0.717) is 0 Å². The minimum absolute atomic E-state index is 0.119. The maximum atomic E-state index is 11.9. The summed E-state index contributed by atoms with van der Waals surface area (Å²) in [6.07, 6.45) is 0. The summed E-state index contributed by atoms with van der Waals surface area (Å²) in [5.41, 5.74) is 0.256. The molecule has 5 heteroatoms. The number of carbonyl (C=O) groups excluding carboxylic acids is 2. The van der Waals surface area contributed by atoms with Gasteiger partial charge in [0.1, 0.15) is 5.75 Å². The van der Waals surface area contributed by atoms with Crippen molar-refractivity contribution in [3.05, 3.63) is 29.8 Å². The Bertz CT molecular complexity index is 389. The molecule has 0 aliphatic carbocycles. The van der Waals surface area contributed by atoms with Crippen LogP contribution in [0.4, 0.5) is 4.39 Å². The van der Waals surface area contributed by atoms with E-state index in [-0.39, 0.29) is 17.9 Å². The summed E-state index contributed by atoms with van der Waals surface area (Å²) in [4.78, 5) is 22.0. The Morgan fingerprint density at radius 3 is 2.75 bits per heavy atom. The molecule has 1 aromatic rings. The van der Waals surface area contributed by atoms with Gasteiger partial charge in [0.15, 0.2) is 6.67 Å². The third-order valence-electron chi connectivity index (χ3n) is 1.69. The maximum absolute atomic E-state index is 11.9. The Morgan fingerprint density at radius 2 is 2.12 bits per heavy atom. The van der Waals surface area contributed by atoms with Crippen molar-refractivity contribution < 1.29 is 23.5 Å². The Hall–Kier alpha value is -1.91. The maximum Gasteiger partial charge on any atom is 0.342 e. The molecule has 0 aliphatic rings. The zero-order chi connectivity index (χ0) is 12.0. The van der Waals surface area contributed by atoms with Gasteiger partial charge in [-0.25, -0.2) is 14.0 Å². The number of carbonyl (C=O) groups is 2. The van der Waals surface area contributed by atoms with Crippen molar-refractivity contribution in [1.29, 1.82) is 0 Å². The summed E-state index contributed by atoms with van der Waals surface area (Å²) < 4.78 is 21.3. The molecule has 0 bridgehead atoms. The quantitative estimate of drug-likeness (QED) is 0.579. The van der Waals surface area contributed by atoms with Crippen LogP contribution < -0.4 is 4.74 Å². The average Bonchev–Trinajstić information content (AvgIpc) is 2.29. The molecule has 0 N–H and O–H groups in total.